The quantitative estimate of drug-likeness (QED) is 0.679. The second-order valence-corrected chi connectivity index (χ2v) is 8.60. The van der Waals surface area contributed by atoms with Crippen molar-refractivity contribution in [3.63, 3.8) is 0 Å². The van der Waals surface area contributed by atoms with Crippen molar-refractivity contribution in [2.45, 2.75) is 62.5 Å². The number of carbonyl (C=O) groups is 2. The van der Waals surface area contributed by atoms with Gasteiger partial charge in [-0.2, -0.15) is 0 Å². The number of nitrogens with zero attached hydrogens (tertiary/aromatic N) is 1. The predicted octanol–water partition coefficient (Wildman–Crippen LogP) is 2.08. The van der Waals surface area contributed by atoms with Crippen LogP contribution in [-0.4, -0.2) is 50.9 Å². The predicted molar refractivity (Wildman–Crippen MR) is 101 cm³/mol. The number of rotatable bonds is 8. The highest BCUT2D eigenvalue weighted by molar-refractivity contribution is 7.89. The fourth-order valence-electron chi connectivity index (χ4n) is 3.21. The number of likely N-dealkylation sites (N-methyl/N-ethyl adjacent to an activating group) is 1. The molecule has 1 aliphatic carbocycles. The second-order valence-electron chi connectivity index (χ2n) is 6.83. The van der Waals surface area contributed by atoms with Crippen LogP contribution >= 0.6 is 0 Å². The zero-order valence-electron chi connectivity index (χ0n) is 15.9. The van der Waals surface area contributed by atoms with Gasteiger partial charge in [-0.1, -0.05) is 37.5 Å². The third-order valence-electron chi connectivity index (χ3n) is 4.80. The summed E-state index contributed by atoms with van der Waals surface area (Å²) in [4.78, 5) is 26.2. The molecule has 0 saturated heterocycles. The molecule has 1 N–H and O–H groups in total. The van der Waals surface area contributed by atoms with Crippen molar-refractivity contribution in [3.05, 3.63) is 30.3 Å². The smallest absolute Gasteiger partial charge is 0.307 e. The minimum absolute atomic E-state index is 0.0879. The number of esters is 1. The van der Waals surface area contributed by atoms with Gasteiger partial charge in [0.25, 0.3) is 5.91 Å². The van der Waals surface area contributed by atoms with Crippen molar-refractivity contribution >= 4 is 21.9 Å². The molecule has 0 heterocycles. The average Bonchev–Trinajstić information content (AvgIpc) is 2.68. The molecule has 0 radical (unpaired) electrons. The molecule has 0 unspecified atom stereocenters. The van der Waals surface area contributed by atoms with E-state index >= 15 is 0 Å². The Hall–Kier alpha value is -1.93. The lowest BCUT2D eigenvalue weighted by Crippen LogP contribution is -2.44. The molecule has 150 valence electrons. The molecule has 0 aromatic heterocycles. The summed E-state index contributed by atoms with van der Waals surface area (Å²) in [5.41, 5.74) is 0. The number of amides is 1. The van der Waals surface area contributed by atoms with Crippen LogP contribution in [0.5, 0.6) is 0 Å². The monoisotopic (exact) mass is 396 g/mol. The van der Waals surface area contributed by atoms with E-state index in [1.54, 1.807) is 37.1 Å². The molecule has 0 spiro atoms. The molecule has 27 heavy (non-hydrogen) atoms. The third-order valence-corrected chi connectivity index (χ3v) is 6.28. The zero-order chi connectivity index (χ0) is 19.9. The van der Waals surface area contributed by atoms with Crippen molar-refractivity contribution in [3.8, 4) is 0 Å². The Morgan fingerprint density at radius 3 is 2.44 bits per heavy atom. The van der Waals surface area contributed by atoms with Crippen LogP contribution < -0.4 is 4.72 Å². The maximum Gasteiger partial charge on any atom is 0.307 e. The van der Waals surface area contributed by atoms with E-state index in [9.17, 15) is 18.0 Å². The number of nitrogens with one attached hydrogen (secondary N) is 1. The Morgan fingerprint density at radius 1 is 1.19 bits per heavy atom. The standard InChI is InChI=1S/C19H28N2O5S/c1-15(19(23)21(2)16-9-5-3-6-10-16)26-18(22)13-14-20-27(24,25)17-11-7-4-8-12-17/h4,7-8,11-12,15-16,20H,3,5-6,9-10,13-14H2,1-2H3/t15-/m0/s1. The van der Waals surface area contributed by atoms with E-state index in [0.717, 1.165) is 25.7 Å². The van der Waals surface area contributed by atoms with Crippen LogP contribution in [0.15, 0.2) is 35.2 Å². The summed E-state index contributed by atoms with van der Waals surface area (Å²) in [5, 5.41) is 0. The maximum absolute atomic E-state index is 12.4. The number of benzene rings is 1. The normalized spacial score (nSPS) is 16.5. The minimum atomic E-state index is -3.66. The Kier molecular flexibility index (Phi) is 7.79. The molecule has 1 aromatic carbocycles. The van der Waals surface area contributed by atoms with Crippen molar-refractivity contribution in [1.82, 2.24) is 9.62 Å². The summed E-state index contributed by atoms with van der Waals surface area (Å²) in [6.45, 7) is 1.46. The number of ether oxygens (including phenoxy) is 1. The van der Waals surface area contributed by atoms with Gasteiger partial charge in [-0.15, -0.1) is 0 Å². The van der Waals surface area contributed by atoms with Crippen LogP contribution in [0.3, 0.4) is 0 Å². The van der Waals surface area contributed by atoms with Crippen molar-refractivity contribution in [2.75, 3.05) is 13.6 Å². The van der Waals surface area contributed by atoms with Crippen LogP contribution in [0.25, 0.3) is 0 Å². The number of carbonyl (C=O) groups excluding carboxylic acids is 2. The molecule has 1 saturated carbocycles. The summed E-state index contributed by atoms with van der Waals surface area (Å²) in [5.74, 6) is -0.830. The van der Waals surface area contributed by atoms with Crippen molar-refractivity contribution in [1.29, 1.82) is 0 Å². The lowest BCUT2D eigenvalue weighted by atomic mass is 9.94. The van der Waals surface area contributed by atoms with Crippen LogP contribution in [0.2, 0.25) is 0 Å². The van der Waals surface area contributed by atoms with Gasteiger partial charge < -0.3 is 9.64 Å². The first-order valence-electron chi connectivity index (χ1n) is 9.32. The molecule has 1 aromatic rings. The maximum atomic E-state index is 12.4. The van der Waals surface area contributed by atoms with Gasteiger partial charge in [0.05, 0.1) is 11.3 Å². The van der Waals surface area contributed by atoms with Crippen molar-refractivity contribution < 1.29 is 22.7 Å². The highest BCUT2D eigenvalue weighted by Crippen LogP contribution is 2.22. The lowest BCUT2D eigenvalue weighted by Gasteiger charge is -2.32. The lowest BCUT2D eigenvalue weighted by molar-refractivity contribution is -0.159. The molecule has 0 aliphatic heterocycles. The fourth-order valence-corrected chi connectivity index (χ4v) is 4.26. The average molecular weight is 397 g/mol. The van der Waals surface area contributed by atoms with E-state index in [1.807, 2.05) is 0 Å². The van der Waals surface area contributed by atoms with E-state index in [1.165, 1.54) is 18.6 Å². The first-order chi connectivity index (χ1) is 12.8. The van der Waals surface area contributed by atoms with Crippen LogP contribution in [0.1, 0.15) is 45.4 Å². The highest BCUT2D eigenvalue weighted by Gasteiger charge is 2.27. The van der Waals surface area contributed by atoms with E-state index in [4.69, 9.17) is 4.74 Å². The summed E-state index contributed by atoms with van der Waals surface area (Å²) in [6.07, 6.45) is 4.35. The van der Waals surface area contributed by atoms with Gasteiger partial charge in [0.2, 0.25) is 10.0 Å². The van der Waals surface area contributed by atoms with Gasteiger partial charge in [0.1, 0.15) is 0 Å². The Bertz CT molecular complexity index is 730. The fraction of sp³-hybridized carbons (Fsp3) is 0.579. The van der Waals surface area contributed by atoms with Crippen LogP contribution in [-0.2, 0) is 24.3 Å². The molecule has 0 bridgehead atoms. The summed E-state index contributed by atoms with van der Waals surface area (Å²) in [6, 6.07) is 8.12. The number of sulfonamides is 1. The first kappa shape index (κ1) is 21.4. The molecule has 8 heteroatoms. The minimum Gasteiger partial charge on any atom is -0.452 e. The molecule has 1 aliphatic rings. The van der Waals surface area contributed by atoms with E-state index in [-0.39, 0.29) is 29.8 Å². The topological polar surface area (TPSA) is 92.8 Å². The highest BCUT2D eigenvalue weighted by atomic mass is 32.2. The van der Waals surface area contributed by atoms with E-state index < -0.39 is 22.1 Å². The van der Waals surface area contributed by atoms with Gasteiger partial charge in [-0.3, -0.25) is 9.59 Å². The molecule has 7 nitrogen and oxygen atoms in total. The van der Waals surface area contributed by atoms with Gasteiger partial charge >= 0.3 is 5.97 Å². The molecule has 1 atom stereocenters. The Labute approximate surface area is 161 Å². The molecular weight excluding hydrogens is 368 g/mol. The second kappa shape index (κ2) is 9.85. The first-order valence-corrected chi connectivity index (χ1v) is 10.8. The Morgan fingerprint density at radius 2 is 1.81 bits per heavy atom. The molecule has 1 amide bonds. The zero-order valence-corrected chi connectivity index (χ0v) is 16.7. The SMILES string of the molecule is C[C@H](OC(=O)CCNS(=O)(=O)c1ccccc1)C(=O)N(C)C1CCCCC1. The third kappa shape index (κ3) is 6.32. The summed E-state index contributed by atoms with van der Waals surface area (Å²) in [7, 11) is -1.91. The van der Waals surface area contributed by atoms with Gasteiger partial charge in [0.15, 0.2) is 6.10 Å². The number of hydrogen-bond acceptors (Lipinski definition) is 5. The molecular formula is C19H28N2O5S. The van der Waals surface area contributed by atoms with E-state index in [0.29, 0.717) is 0 Å². The summed E-state index contributed by atoms with van der Waals surface area (Å²) >= 11 is 0. The van der Waals surface area contributed by atoms with Crippen LogP contribution in [0, 0.1) is 0 Å². The Balaban J connectivity index is 1.76. The van der Waals surface area contributed by atoms with Crippen molar-refractivity contribution in [2.24, 2.45) is 0 Å². The van der Waals surface area contributed by atoms with Crippen LogP contribution in [0.4, 0.5) is 0 Å². The van der Waals surface area contributed by atoms with Gasteiger partial charge in [0, 0.05) is 19.6 Å². The van der Waals surface area contributed by atoms with Gasteiger partial charge in [-0.05, 0) is 31.9 Å². The largest absolute Gasteiger partial charge is 0.452 e. The van der Waals surface area contributed by atoms with Gasteiger partial charge in [-0.25, -0.2) is 13.1 Å². The number of hydrogen-bond donors (Lipinski definition) is 1. The molecule has 1 fully saturated rings. The summed E-state index contributed by atoms with van der Waals surface area (Å²) < 4.78 is 31.7. The molecule has 2 rings (SSSR count). The van der Waals surface area contributed by atoms with E-state index in [2.05, 4.69) is 4.72 Å².